The van der Waals surface area contributed by atoms with Gasteiger partial charge in [0.25, 0.3) is 11.8 Å². The van der Waals surface area contributed by atoms with Gasteiger partial charge in [-0.25, -0.2) is 4.98 Å². The predicted octanol–water partition coefficient (Wildman–Crippen LogP) is 8.85. The number of rotatable bonds is 6. The van der Waals surface area contributed by atoms with Gasteiger partial charge in [-0.05, 0) is 85.2 Å². The summed E-state index contributed by atoms with van der Waals surface area (Å²) < 4.78 is 5.97. The summed E-state index contributed by atoms with van der Waals surface area (Å²) in [5.41, 5.74) is 7.64. The van der Waals surface area contributed by atoms with Gasteiger partial charge >= 0.3 is 0 Å². The second-order valence-electron chi connectivity index (χ2n) is 16.4. The predicted molar refractivity (Wildman–Crippen MR) is 226 cm³/mol. The number of benzene rings is 6. The Morgan fingerprint density at radius 2 is 1.48 bits per heavy atom. The first kappa shape index (κ1) is 35.8. The minimum atomic E-state index is -1.50. The molecule has 6 atom stereocenters. The highest BCUT2D eigenvalue weighted by atomic mass is 16.3. The summed E-state index contributed by atoms with van der Waals surface area (Å²) in [6.45, 7) is 1.96. The van der Waals surface area contributed by atoms with Crippen molar-refractivity contribution in [2.24, 2.45) is 23.7 Å². The van der Waals surface area contributed by atoms with Gasteiger partial charge in [0.05, 0.1) is 34.5 Å². The highest BCUT2D eigenvalue weighted by molar-refractivity contribution is 6.22. The van der Waals surface area contributed by atoms with Crippen molar-refractivity contribution in [2.45, 2.75) is 31.1 Å². The van der Waals surface area contributed by atoms with Gasteiger partial charge in [0, 0.05) is 22.4 Å². The van der Waals surface area contributed by atoms with Gasteiger partial charge in [-0.1, -0.05) is 108 Å². The van der Waals surface area contributed by atoms with E-state index >= 15 is 9.59 Å². The molecule has 0 bridgehead atoms. The van der Waals surface area contributed by atoms with Crippen LogP contribution in [0.4, 0.5) is 11.4 Å². The second-order valence-corrected chi connectivity index (χ2v) is 16.4. The van der Waals surface area contributed by atoms with E-state index in [4.69, 9.17) is 4.42 Å². The summed E-state index contributed by atoms with van der Waals surface area (Å²) in [6.07, 6.45) is 2.41. The normalized spacial score (nSPS) is 24.8. The van der Waals surface area contributed by atoms with E-state index < -0.39 is 46.8 Å². The first-order valence-corrected chi connectivity index (χ1v) is 20.3. The van der Waals surface area contributed by atoms with Crippen LogP contribution in [0.15, 0.2) is 156 Å². The van der Waals surface area contributed by atoms with E-state index in [1.54, 1.807) is 24.3 Å². The Labute approximate surface area is 344 Å². The fraction of sp³-hybridized carbons (Fsp3) is 0.180. The van der Waals surface area contributed by atoms with Crippen molar-refractivity contribution in [3.63, 3.8) is 0 Å². The number of aryl methyl sites for hydroxylation is 1. The van der Waals surface area contributed by atoms with Crippen LogP contribution < -0.4 is 10.3 Å². The lowest BCUT2D eigenvalue weighted by molar-refractivity contribution is -0.138. The molecule has 0 radical (unpaired) electrons. The maximum Gasteiger partial charge on any atom is 0.260 e. The van der Waals surface area contributed by atoms with Crippen molar-refractivity contribution < 1.29 is 28.7 Å². The molecule has 2 aliphatic carbocycles. The molecule has 4 aliphatic rings. The number of aromatic hydroxyl groups is 1. The molecule has 2 saturated heterocycles. The number of imide groups is 2. The van der Waals surface area contributed by atoms with Crippen LogP contribution in [0, 0.1) is 30.6 Å². The number of carbonyl (C=O) groups is 4. The minimum Gasteiger partial charge on any atom is -0.507 e. The number of phenolic OH excluding ortho intramolecular Hbond substituents is 1. The number of carbonyl (C=O) groups excluding carboxylic acids is 4. The number of hydrogen-bond donors (Lipinski definition) is 2. The fourth-order valence-corrected chi connectivity index (χ4v) is 10.6. The Morgan fingerprint density at radius 3 is 2.27 bits per heavy atom. The van der Waals surface area contributed by atoms with Gasteiger partial charge in [-0.15, -0.1) is 0 Å². The molecule has 294 valence electrons. The SMILES string of the molecule is Cc1ccc(NN2C(=O)C3CC4C(=CCC5C(=O)N(c6ccc(-c7nc8ccccc8o7)cc6)C(=O)C54)C(c4ccc5ccccc5c4O)C3(c3ccccc3)C2=O)cc1. The van der Waals surface area contributed by atoms with E-state index in [0.717, 1.165) is 27.0 Å². The third-order valence-corrected chi connectivity index (χ3v) is 13.3. The number of para-hydroxylation sites is 2. The zero-order chi connectivity index (χ0) is 40.9. The van der Waals surface area contributed by atoms with Gasteiger partial charge < -0.3 is 9.52 Å². The number of aromatic nitrogens is 1. The van der Waals surface area contributed by atoms with Crippen LogP contribution in [0.2, 0.25) is 0 Å². The Bertz CT molecular complexity index is 2920. The topological polar surface area (TPSA) is 133 Å². The molecule has 6 unspecified atom stereocenters. The third kappa shape index (κ3) is 5.09. The van der Waals surface area contributed by atoms with E-state index in [1.807, 2.05) is 128 Å². The lowest BCUT2D eigenvalue weighted by Gasteiger charge is -2.50. The van der Waals surface area contributed by atoms with Crippen molar-refractivity contribution in [1.29, 1.82) is 0 Å². The molecule has 60 heavy (non-hydrogen) atoms. The smallest absolute Gasteiger partial charge is 0.260 e. The molecule has 1 saturated carbocycles. The number of phenols is 1. The summed E-state index contributed by atoms with van der Waals surface area (Å²) in [5, 5.41) is 14.8. The number of fused-ring (bicyclic) bond motifs is 6. The molecule has 7 aromatic rings. The Hall–Kier alpha value is -7.33. The van der Waals surface area contributed by atoms with Crippen LogP contribution >= 0.6 is 0 Å². The molecule has 3 fully saturated rings. The maximum atomic E-state index is 15.5. The van der Waals surface area contributed by atoms with Crippen LogP contribution in [0.25, 0.3) is 33.3 Å². The van der Waals surface area contributed by atoms with Crippen LogP contribution in [0.5, 0.6) is 5.75 Å². The Balaban J connectivity index is 1.04. The summed E-state index contributed by atoms with van der Waals surface area (Å²) in [4.78, 5) is 65.8. The fourth-order valence-electron chi connectivity index (χ4n) is 10.6. The van der Waals surface area contributed by atoms with Crippen molar-refractivity contribution in [2.75, 3.05) is 10.3 Å². The molecule has 4 amide bonds. The number of nitrogens with zero attached hydrogens (tertiary/aromatic N) is 3. The molecule has 3 heterocycles. The average Bonchev–Trinajstić information content (AvgIpc) is 3.89. The Kier molecular flexibility index (Phi) is 7.97. The first-order valence-electron chi connectivity index (χ1n) is 20.3. The molecule has 10 heteroatoms. The second kappa shape index (κ2) is 13.4. The molecule has 6 aromatic carbocycles. The summed E-state index contributed by atoms with van der Waals surface area (Å²) >= 11 is 0. The van der Waals surface area contributed by atoms with Crippen molar-refractivity contribution in [3.8, 4) is 17.2 Å². The number of oxazole rings is 1. The van der Waals surface area contributed by atoms with Crippen LogP contribution in [-0.4, -0.2) is 38.7 Å². The number of allylic oxidation sites excluding steroid dienone is 2. The average molecular weight is 791 g/mol. The van der Waals surface area contributed by atoms with Crippen molar-refractivity contribution >= 4 is 56.9 Å². The largest absolute Gasteiger partial charge is 0.507 e. The highest BCUT2D eigenvalue weighted by Crippen LogP contribution is 2.65. The summed E-state index contributed by atoms with van der Waals surface area (Å²) in [5.74, 6) is -4.96. The standard InChI is InChI=1S/C50H38N4O6/c1-28-15-20-32(21-16-28)52-54-47(57)39-27-38-35(43(50(39,49(54)59)31-10-3-2-4-11-31)37-24-19-29-9-5-6-12-34(29)44(37)55)25-26-36-42(38)48(58)53(46(36)56)33-22-17-30(18-23-33)45-51-40-13-7-8-14-41(40)60-45/h2-25,36,38-39,42-43,52,55H,26-27H2,1H3. The first-order chi connectivity index (χ1) is 29.2. The van der Waals surface area contributed by atoms with Crippen LogP contribution in [0.1, 0.15) is 35.4 Å². The maximum absolute atomic E-state index is 15.5. The zero-order valence-corrected chi connectivity index (χ0v) is 32.5. The minimum absolute atomic E-state index is 0.00973. The van der Waals surface area contributed by atoms with Gasteiger partial charge in [-0.3, -0.25) is 29.5 Å². The molecular weight excluding hydrogens is 753 g/mol. The summed E-state index contributed by atoms with van der Waals surface area (Å²) in [7, 11) is 0. The van der Waals surface area contributed by atoms with Gasteiger partial charge in [0.15, 0.2) is 5.58 Å². The third-order valence-electron chi connectivity index (χ3n) is 13.3. The van der Waals surface area contributed by atoms with E-state index in [9.17, 15) is 14.7 Å². The zero-order valence-electron chi connectivity index (χ0n) is 32.5. The molecule has 2 aliphatic heterocycles. The summed E-state index contributed by atoms with van der Waals surface area (Å²) in [6, 6.07) is 42.6. The van der Waals surface area contributed by atoms with E-state index in [0.29, 0.717) is 44.9 Å². The van der Waals surface area contributed by atoms with Gasteiger partial charge in [-0.2, -0.15) is 5.01 Å². The molecule has 0 spiro atoms. The monoisotopic (exact) mass is 790 g/mol. The lowest BCUT2D eigenvalue weighted by atomic mass is 9.49. The number of anilines is 2. The highest BCUT2D eigenvalue weighted by Gasteiger charge is 2.70. The van der Waals surface area contributed by atoms with E-state index in [-0.39, 0.29) is 30.4 Å². The quantitative estimate of drug-likeness (QED) is 0.126. The van der Waals surface area contributed by atoms with E-state index in [1.165, 1.54) is 4.90 Å². The molecule has 11 rings (SSSR count). The van der Waals surface area contributed by atoms with Crippen molar-refractivity contribution in [1.82, 2.24) is 9.99 Å². The van der Waals surface area contributed by atoms with Crippen LogP contribution in [0.3, 0.4) is 0 Å². The van der Waals surface area contributed by atoms with Crippen LogP contribution in [-0.2, 0) is 24.6 Å². The van der Waals surface area contributed by atoms with Crippen molar-refractivity contribution in [3.05, 3.63) is 168 Å². The molecule has 2 N–H and O–H groups in total. The number of hydrogen-bond acceptors (Lipinski definition) is 8. The lowest BCUT2D eigenvalue weighted by Crippen LogP contribution is -2.53. The Morgan fingerprint density at radius 1 is 0.750 bits per heavy atom. The van der Waals surface area contributed by atoms with Gasteiger partial charge in [0.1, 0.15) is 11.3 Å². The molecule has 10 nitrogen and oxygen atoms in total. The van der Waals surface area contributed by atoms with E-state index in [2.05, 4.69) is 10.4 Å². The number of amides is 4. The van der Waals surface area contributed by atoms with Gasteiger partial charge in [0.2, 0.25) is 17.7 Å². The molecule has 1 aromatic heterocycles. The number of nitrogens with one attached hydrogen (secondary N) is 1. The molecular formula is C50H38N4O6. The number of hydrazine groups is 1.